The van der Waals surface area contributed by atoms with Crippen molar-refractivity contribution in [3.05, 3.63) is 74.8 Å². The SMILES string of the molecule is CC(C)CO.CCN(C)CCNc1cc2[nH]cc(CNOCc3cc(F)c(F)c(F)c3F)c(=O)c2cc1F. The molecule has 0 atom stereocenters. The quantitative estimate of drug-likeness (QED) is 0.0939. The third-order valence-electron chi connectivity index (χ3n) is 5.53. The second-order valence-electron chi connectivity index (χ2n) is 8.99. The molecule has 12 heteroatoms. The average Bonchev–Trinajstić information content (AvgIpc) is 2.90. The van der Waals surface area contributed by atoms with E-state index in [1.165, 1.54) is 12.3 Å². The van der Waals surface area contributed by atoms with Crippen molar-refractivity contribution >= 4 is 16.6 Å². The van der Waals surface area contributed by atoms with Crippen molar-refractivity contribution in [3.8, 4) is 0 Å². The number of anilines is 1. The van der Waals surface area contributed by atoms with E-state index in [9.17, 15) is 26.7 Å². The van der Waals surface area contributed by atoms with Crippen LogP contribution in [0.4, 0.5) is 27.6 Å². The van der Waals surface area contributed by atoms with Gasteiger partial charge >= 0.3 is 0 Å². The van der Waals surface area contributed by atoms with Gasteiger partial charge in [0.25, 0.3) is 0 Å². The second kappa shape index (κ2) is 14.8. The molecule has 0 bridgehead atoms. The van der Waals surface area contributed by atoms with E-state index in [1.54, 1.807) is 0 Å². The molecule has 1 heterocycles. The van der Waals surface area contributed by atoms with Gasteiger partial charge in [0.1, 0.15) is 5.82 Å². The van der Waals surface area contributed by atoms with Gasteiger partial charge in [0.2, 0.25) is 0 Å². The molecule has 3 aromatic rings. The number of hydrogen-bond donors (Lipinski definition) is 4. The lowest BCUT2D eigenvalue weighted by Crippen LogP contribution is -2.25. The number of nitrogens with one attached hydrogen (secondary N) is 3. The van der Waals surface area contributed by atoms with Gasteiger partial charge in [-0.25, -0.2) is 22.0 Å². The second-order valence-corrected chi connectivity index (χ2v) is 8.99. The number of aliphatic hydroxyl groups is 1. The molecule has 2 aromatic carbocycles. The van der Waals surface area contributed by atoms with Gasteiger partial charge in [-0.2, -0.15) is 5.48 Å². The molecule has 0 aliphatic rings. The zero-order valence-corrected chi connectivity index (χ0v) is 21.7. The van der Waals surface area contributed by atoms with Crippen LogP contribution < -0.4 is 16.2 Å². The van der Waals surface area contributed by atoms with Crippen LogP contribution in [0.5, 0.6) is 0 Å². The predicted octanol–water partition coefficient (Wildman–Crippen LogP) is 4.44. The van der Waals surface area contributed by atoms with Crippen molar-refractivity contribution in [1.82, 2.24) is 15.4 Å². The van der Waals surface area contributed by atoms with Crippen LogP contribution in [-0.2, 0) is 18.0 Å². The van der Waals surface area contributed by atoms with E-state index in [1.807, 2.05) is 27.8 Å². The monoisotopic (exact) mass is 544 g/mol. The summed E-state index contributed by atoms with van der Waals surface area (Å²) in [5.41, 5.74) is 2.24. The molecular weight excluding hydrogens is 511 g/mol. The molecule has 0 spiro atoms. The van der Waals surface area contributed by atoms with Crippen molar-refractivity contribution in [3.63, 3.8) is 0 Å². The molecule has 1 aromatic heterocycles. The van der Waals surface area contributed by atoms with Gasteiger partial charge in [-0.1, -0.05) is 20.8 Å². The third kappa shape index (κ3) is 8.48. The molecule has 7 nitrogen and oxygen atoms in total. The summed E-state index contributed by atoms with van der Waals surface area (Å²) < 4.78 is 67.6. The molecule has 0 amide bonds. The maximum Gasteiger partial charge on any atom is 0.197 e. The molecule has 3 rings (SSSR count). The van der Waals surface area contributed by atoms with Crippen molar-refractivity contribution in [2.24, 2.45) is 5.92 Å². The van der Waals surface area contributed by atoms with Crippen LogP contribution in [-0.4, -0.2) is 48.3 Å². The Hall–Kier alpha value is -3.06. The first-order valence-corrected chi connectivity index (χ1v) is 12.0. The molecule has 210 valence electrons. The minimum absolute atomic E-state index is 0.122. The first-order valence-electron chi connectivity index (χ1n) is 12.0. The van der Waals surface area contributed by atoms with Crippen LogP contribution in [0.25, 0.3) is 10.9 Å². The van der Waals surface area contributed by atoms with Gasteiger partial charge in [0.05, 0.1) is 24.4 Å². The van der Waals surface area contributed by atoms with Crippen LogP contribution >= 0.6 is 0 Å². The van der Waals surface area contributed by atoms with E-state index in [2.05, 4.69) is 20.7 Å². The molecule has 38 heavy (non-hydrogen) atoms. The number of nitrogens with zero attached hydrogens (tertiary/aromatic N) is 1. The summed E-state index contributed by atoms with van der Waals surface area (Å²) in [6.07, 6.45) is 1.41. The highest BCUT2D eigenvalue weighted by Gasteiger charge is 2.19. The van der Waals surface area contributed by atoms with Crippen LogP contribution in [0, 0.1) is 35.0 Å². The van der Waals surface area contributed by atoms with Gasteiger partial charge in [-0.3, -0.25) is 9.63 Å². The number of pyridine rings is 1. The van der Waals surface area contributed by atoms with E-state index in [0.717, 1.165) is 19.2 Å². The Balaban J connectivity index is 0.000000926. The summed E-state index contributed by atoms with van der Waals surface area (Å²) in [4.78, 5) is 22.6. The highest BCUT2D eigenvalue weighted by molar-refractivity contribution is 5.82. The maximum atomic E-state index is 14.5. The number of halogens is 5. The molecular formula is C26H33F5N4O3. The molecule has 0 saturated carbocycles. The number of aliphatic hydroxyl groups excluding tert-OH is 1. The topological polar surface area (TPSA) is 89.6 Å². The number of aromatic nitrogens is 1. The van der Waals surface area contributed by atoms with E-state index < -0.39 is 46.7 Å². The smallest absolute Gasteiger partial charge is 0.197 e. The van der Waals surface area contributed by atoms with Gasteiger partial charge < -0.3 is 20.3 Å². The molecule has 4 N–H and O–H groups in total. The van der Waals surface area contributed by atoms with Crippen LogP contribution in [0.3, 0.4) is 0 Å². The Morgan fingerprint density at radius 2 is 1.71 bits per heavy atom. The number of hydrogen-bond acceptors (Lipinski definition) is 6. The summed E-state index contributed by atoms with van der Waals surface area (Å²) >= 11 is 0. The van der Waals surface area contributed by atoms with E-state index in [4.69, 9.17) is 9.94 Å². The molecule has 0 saturated heterocycles. The lowest BCUT2D eigenvalue weighted by molar-refractivity contribution is 0.0213. The summed E-state index contributed by atoms with van der Waals surface area (Å²) in [7, 11) is 1.95. The summed E-state index contributed by atoms with van der Waals surface area (Å²) in [6, 6.07) is 3.11. The molecule has 0 radical (unpaired) electrons. The highest BCUT2D eigenvalue weighted by atomic mass is 19.2. The van der Waals surface area contributed by atoms with Gasteiger partial charge in [-0.05, 0) is 37.7 Å². The number of benzene rings is 2. The fraction of sp³-hybridized carbons (Fsp3) is 0.423. The summed E-state index contributed by atoms with van der Waals surface area (Å²) in [5, 5.41) is 11.3. The van der Waals surface area contributed by atoms with Crippen molar-refractivity contribution in [1.29, 1.82) is 0 Å². The fourth-order valence-electron chi connectivity index (χ4n) is 3.07. The largest absolute Gasteiger partial charge is 0.396 e. The third-order valence-corrected chi connectivity index (χ3v) is 5.53. The highest BCUT2D eigenvalue weighted by Crippen LogP contribution is 2.21. The van der Waals surface area contributed by atoms with Crippen LogP contribution in [0.2, 0.25) is 0 Å². The van der Waals surface area contributed by atoms with Crippen molar-refractivity contribution in [2.75, 3.05) is 38.6 Å². The average molecular weight is 545 g/mol. The number of hydroxylamine groups is 1. The molecule has 0 aliphatic heterocycles. The van der Waals surface area contributed by atoms with Gasteiger partial charge in [-0.15, -0.1) is 0 Å². The van der Waals surface area contributed by atoms with Gasteiger partial charge in [0, 0.05) is 42.4 Å². The van der Waals surface area contributed by atoms with E-state index >= 15 is 0 Å². The molecule has 0 aliphatic carbocycles. The summed E-state index contributed by atoms with van der Waals surface area (Å²) in [6.45, 7) is 7.59. The number of fused-ring (bicyclic) bond motifs is 1. The number of H-pyrrole nitrogens is 1. The van der Waals surface area contributed by atoms with Crippen molar-refractivity contribution < 1.29 is 31.9 Å². The predicted molar refractivity (Wildman–Crippen MR) is 136 cm³/mol. The number of rotatable bonds is 11. The Kier molecular flexibility index (Phi) is 12.1. The maximum absolute atomic E-state index is 14.5. The van der Waals surface area contributed by atoms with Crippen LogP contribution in [0.15, 0.2) is 29.2 Å². The Morgan fingerprint density at radius 1 is 1.03 bits per heavy atom. The first-order chi connectivity index (χ1) is 18.0. The number of likely N-dealkylation sites (N-methyl/N-ethyl adjacent to an activating group) is 1. The first kappa shape index (κ1) is 31.2. The van der Waals surface area contributed by atoms with E-state index in [0.29, 0.717) is 30.7 Å². The van der Waals surface area contributed by atoms with E-state index in [-0.39, 0.29) is 23.2 Å². The normalized spacial score (nSPS) is 11.3. The van der Waals surface area contributed by atoms with Crippen molar-refractivity contribution in [2.45, 2.75) is 33.9 Å². The summed E-state index contributed by atoms with van der Waals surface area (Å²) in [5.74, 6) is -7.11. The minimum Gasteiger partial charge on any atom is -0.396 e. The fourth-order valence-corrected chi connectivity index (χ4v) is 3.07. The lowest BCUT2D eigenvalue weighted by Gasteiger charge is -2.15. The lowest BCUT2D eigenvalue weighted by atomic mass is 10.1. The molecule has 0 fully saturated rings. The Bertz CT molecular complexity index is 1270. The minimum atomic E-state index is -1.94. The van der Waals surface area contributed by atoms with Gasteiger partial charge in [0.15, 0.2) is 28.7 Å². The number of aromatic amines is 1. The molecule has 0 unspecified atom stereocenters. The Morgan fingerprint density at radius 3 is 2.34 bits per heavy atom. The zero-order chi connectivity index (χ0) is 28.4. The standard InChI is InChI=1S/C22H23F5N4O2.C4H10O/c1-3-31(2)5-4-28-18-8-17-14(7-15(18)23)22(32)13(9-29-17)10-30-33-11-12-6-16(24)20(26)21(27)19(12)25;1-4(2)3-5/h6-9,28,30H,3-5,10-11H2,1-2H3,(H,29,32);4-5H,3H2,1-2H3. The van der Waals surface area contributed by atoms with Crippen LogP contribution in [0.1, 0.15) is 31.9 Å². The Labute approximate surface area is 217 Å². The zero-order valence-electron chi connectivity index (χ0n) is 21.7.